The Morgan fingerprint density at radius 1 is 1.20 bits per heavy atom. The van der Waals surface area contributed by atoms with Crippen molar-refractivity contribution in [2.45, 2.75) is 97.2 Å². The lowest BCUT2D eigenvalue weighted by Gasteiger charge is -2.66. The van der Waals surface area contributed by atoms with E-state index in [1.807, 2.05) is 26.8 Å². The molecule has 6 rings (SSSR count). The summed E-state index contributed by atoms with van der Waals surface area (Å²) in [6, 6.07) is 1.83. The van der Waals surface area contributed by atoms with E-state index >= 15 is 0 Å². The maximum Gasteiger partial charge on any atom is 0.333 e. The Bertz CT molecular complexity index is 1300. The van der Waals surface area contributed by atoms with Crippen LogP contribution in [0.4, 0.5) is 0 Å². The van der Waals surface area contributed by atoms with Gasteiger partial charge in [0.1, 0.15) is 12.2 Å². The first-order chi connectivity index (χ1) is 19.2. The largest absolute Gasteiger partial charge is 0.472 e. The van der Waals surface area contributed by atoms with E-state index in [9.17, 15) is 19.5 Å². The average Bonchev–Trinajstić information content (AvgIpc) is 3.61. The molecule has 0 amide bonds. The van der Waals surface area contributed by atoms with Crippen LogP contribution < -0.4 is 0 Å². The molecule has 5 fully saturated rings. The van der Waals surface area contributed by atoms with Gasteiger partial charge >= 0.3 is 17.9 Å². The molecule has 224 valence electrons. The van der Waals surface area contributed by atoms with Gasteiger partial charge in [-0.15, -0.1) is 0 Å². The fraction of sp³-hybridized carbons (Fsp3) is 0.719. The minimum Gasteiger partial charge on any atom is -0.472 e. The van der Waals surface area contributed by atoms with Gasteiger partial charge in [0.25, 0.3) is 0 Å². The fourth-order valence-corrected chi connectivity index (χ4v) is 10.2. The molecular weight excluding hydrogens is 528 g/mol. The van der Waals surface area contributed by atoms with Gasteiger partial charge in [-0.2, -0.15) is 0 Å². The molecule has 1 unspecified atom stereocenters. The van der Waals surface area contributed by atoms with Crippen molar-refractivity contribution >= 4 is 17.9 Å². The van der Waals surface area contributed by atoms with E-state index in [1.54, 1.807) is 32.4 Å². The van der Waals surface area contributed by atoms with Crippen LogP contribution in [0.3, 0.4) is 0 Å². The highest BCUT2D eigenvalue weighted by Gasteiger charge is 2.87. The van der Waals surface area contributed by atoms with Gasteiger partial charge in [-0.05, 0) is 51.0 Å². The Morgan fingerprint density at radius 2 is 1.93 bits per heavy atom. The topological polar surface area (TPSA) is 122 Å². The molecule has 9 heteroatoms. The number of esters is 3. The summed E-state index contributed by atoms with van der Waals surface area (Å²) in [5, 5.41) is 12.8. The van der Waals surface area contributed by atoms with Crippen molar-refractivity contribution in [3.8, 4) is 0 Å². The van der Waals surface area contributed by atoms with Crippen LogP contribution in [0.15, 0.2) is 34.7 Å². The van der Waals surface area contributed by atoms with Gasteiger partial charge in [0.05, 0.1) is 37.6 Å². The number of rotatable bonds is 5. The van der Waals surface area contributed by atoms with Crippen molar-refractivity contribution in [1.82, 2.24) is 0 Å². The lowest BCUT2D eigenvalue weighted by molar-refractivity contribution is -0.320. The smallest absolute Gasteiger partial charge is 0.333 e. The molecule has 2 aliphatic carbocycles. The monoisotopic (exact) mass is 570 g/mol. The third kappa shape index (κ3) is 3.45. The Labute approximate surface area is 240 Å². The molecule has 5 aliphatic rings. The van der Waals surface area contributed by atoms with E-state index in [-0.39, 0.29) is 36.6 Å². The van der Waals surface area contributed by atoms with Crippen LogP contribution in [0.1, 0.15) is 85.3 Å². The second-order valence-corrected chi connectivity index (χ2v) is 14.1. The van der Waals surface area contributed by atoms with E-state index in [0.29, 0.717) is 12.0 Å². The van der Waals surface area contributed by atoms with Gasteiger partial charge in [0.2, 0.25) is 0 Å². The molecule has 3 aliphatic heterocycles. The van der Waals surface area contributed by atoms with Gasteiger partial charge in [-0.3, -0.25) is 9.59 Å². The van der Waals surface area contributed by atoms with Crippen molar-refractivity contribution in [2.75, 3.05) is 7.11 Å². The zero-order valence-electron chi connectivity index (χ0n) is 25.0. The quantitative estimate of drug-likeness (QED) is 0.300. The zero-order valence-corrected chi connectivity index (χ0v) is 25.0. The van der Waals surface area contributed by atoms with Crippen LogP contribution in [-0.4, -0.2) is 47.6 Å². The molecule has 3 saturated heterocycles. The number of aliphatic hydroxyl groups is 1. The summed E-state index contributed by atoms with van der Waals surface area (Å²) in [4.78, 5) is 39.3. The lowest BCUT2D eigenvalue weighted by Crippen LogP contribution is -2.72. The van der Waals surface area contributed by atoms with E-state index in [0.717, 1.165) is 18.4 Å². The molecule has 10 atom stereocenters. The van der Waals surface area contributed by atoms with Crippen molar-refractivity contribution in [3.63, 3.8) is 0 Å². The van der Waals surface area contributed by atoms with Crippen molar-refractivity contribution < 1.29 is 42.9 Å². The maximum absolute atomic E-state index is 13.2. The fourth-order valence-electron chi connectivity index (χ4n) is 10.2. The molecule has 9 nitrogen and oxygen atoms in total. The minimum absolute atomic E-state index is 0.0449. The third-order valence-electron chi connectivity index (χ3n) is 12.2. The number of cyclic esters (lactones) is 1. The molecule has 1 aromatic heterocycles. The van der Waals surface area contributed by atoms with Crippen LogP contribution in [0.25, 0.3) is 0 Å². The number of hydrogen-bond donors (Lipinski definition) is 1. The van der Waals surface area contributed by atoms with Crippen molar-refractivity contribution in [3.05, 3.63) is 35.8 Å². The SMILES string of the molecule is C/C=C(\C)C(=O)O[C@H]1C2C[C@@]34O[C@]2(O)[C@@](C)([C@@H](CC(=O)OC)C1(C)C)[C@H]3CC[C@]1(C)[C@H]4CC(=O)O[C@H]1c1ccoc1. The van der Waals surface area contributed by atoms with Crippen LogP contribution in [0.5, 0.6) is 0 Å². The summed E-state index contributed by atoms with van der Waals surface area (Å²) < 4.78 is 29.7. The number of furan rings is 1. The third-order valence-corrected chi connectivity index (χ3v) is 12.2. The normalized spacial score (nSPS) is 45.9. The summed E-state index contributed by atoms with van der Waals surface area (Å²) in [7, 11) is 1.36. The number of carbonyl (C=O) groups excluding carboxylic acids is 3. The molecular formula is C32H42O9. The molecule has 1 N–H and O–H groups in total. The predicted molar refractivity (Wildman–Crippen MR) is 145 cm³/mol. The molecule has 0 aromatic carbocycles. The zero-order chi connectivity index (χ0) is 29.8. The van der Waals surface area contributed by atoms with Crippen LogP contribution >= 0.6 is 0 Å². The second-order valence-electron chi connectivity index (χ2n) is 14.1. The first-order valence-corrected chi connectivity index (χ1v) is 14.8. The highest BCUT2D eigenvalue weighted by atomic mass is 16.7. The Kier molecular flexibility index (Phi) is 6.20. The summed E-state index contributed by atoms with van der Waals surface area (Å²) in [6.45, 7) is 11.7. The molecule has 1 spiro atoms. The number of ether oxygens (including phenoxy) is 4. The van der Waals surface area contributed by atoms with Crippen molar-refractivity contribution in [1.29, 1.82) is 0 Å². The average molecular weight is 571 g/mol. The van der Waals surface area contributed by atoms with Crippen molar-refractivity contribution in [2.24, 2.45) is 39.9 Å². The molecule has 4 heterocycles. The first-order valence-electron chi connectivity index (χ1n) is 14.8. The van der Waals surface area contributed by atoms with Gasteiger partial charge in [-0.1, -0.05) is 33.8 Å². The first kappa shape index (κ1) is 28.5. The molecule has 1 aromatic rings. The molecule has 2 bridgehead atoms. The van der Waals surface area contributed by atoms with Gasteiger partial charge < -0.3 is 28.5 Å². The summed E-state index contributed by atoms with van der Waals surface area (Å²) in [6.07, 6.45) is 5.78. The highest BCUT2D eigenvalue weighted by Crippen LogP contribution is 2.81. The van der Waals surface area contributed by atoms with Crippen LogP contribution in [0.2, 0.25) is 0 Å². The number of methoxy groups -OCH3 is 1. The van der Waals surface area contributed by atoms with E-state index in [1.165, 1.54) is 7.11 Å². The molecule has 2 saturated carbocycles. The Hall–Kier alpha value is -2.65. The van der Waals surface area contributed by atoms with E-state index < -0.39 is 57.6 Å². The van der Waals surface area contributed by atoms with E-state index in [2.05, 4.69) is 6.92 Å². The standard InChI is InChI=1S/C32H42O9/c1-8-17(2)27(35)40-26-19-15-31-20(30(6,32(19,36)41-31)21(28(26,3)4)13-23(33)37-7)9-11-29(5)22(31)14-24(34)39-25(29)18-10-12-38-16-18/h8,10,12,16,19-22,25-26,36H,9,11,13-15H2,1-7H3/b17-8+/t19?,20-,21+,22-,25+,26+,29-,30-,31-,32+/m1/s1. The van der Waals surface area contributed by atoms with Gasteiger partial charge in [0, 0.05) is 39.7 Å². The van der Waals surface area contributed by atoms with Crippen LogP contribution in [0, 0.1) is 39.9 Å². The van der Waals surface area contributed by atoms with Gasteiger partial charge in [0.15, 0.2) is 5.79 Å². The second kappa shape index (κ2) is 8.93. The maximum atomic E-state index is 13.2. The predicted octanol–water partition coefficient (Wildman–Crippen LogP) is 4.88. The Morgan fingerprint density at radius 3 is 2.56 bits per heavy atom. The summed E-state index contributed by atoms with van der Waals surface area (Å²) in [5.41, 5.74) is -1.62. The molecule has 41 heavy (non-hydrogen) atoms. The molecule has 0 radical (unpaired) electrons. The summed E-state index contributed by atoms with van der Waals surface area (Å²) in [5.74, 6) is -4.19. The summed E-state index contributed by atoms with van der Waals surface area (Å²) >= 11 is 0. The van der Waals surface area contributed by atoms with Gasteiger partial charge in [-0.25, -0.2) is 4.79 Å². The highest BCUT2D eigenvalue weighted by molar-refractivity contribution is 5.87. The Balaban J connectivity index is 1.50. The number of hydrogen-bond acceptors (Lipinski definition) is 9. The number of allylic oxidation sites excluding steroid dienone is 1. The van der Waals surface area contributed by atoms with Crippen LogP contribution in [-0.2, 0) is 33.3 Å². The minimum atomic E-state index is -1.67. The van der Waals surface area contributed by atoms with E-state index in [4.69, 9.17) is 23.4 Å². The number of carbonyl (C=O) groups is 3. The lowest BCUT2D eigenvalue weighted by atomic mass is 9.37. The number of fused-ring (bicyclic) bond motifs is 2.